The van der Waals surface area contributed by atoms with Crippen molar-refractivity contribution in [1.29, 1.82) is 0 Å². The minimum absolute atomic E-state index is 0. The van der Waals surface area contributed by atoms with E-state index in [2.05, 4.69) is 38.2 Å². The Hall–Kier alpha value is -6.65. The molecule has 28 nitrogen and oxygen atoms in total. The van der Waals surface area contributed by atoms with Gasteiger partial charge in [-0.25, -0.2) is 42.0 Å². The van der Waals surface area contributed by atoms with Crippen LogP contribution in [0.25, 0.3) is 0 Å². The standard InChI is InChI=1S/C13H12O9S.C8H6O4.C8H3O3.C5H8O3.C4H6O3.2Na.2O3S/c1-2-11(14)21-5-6-22-13(17)9-4-3-8(23(18,19)20)7-10(9)12(15)16;9-7(10)5-3-1-2-4-6(5)8(11)12;9-7-5-3-1-2-4-6(5)8(10)11-7;1-2-5(7)8-4-3-6;1-3(5)7-4(2)6;;;2*1-4(2)3/h2-4,7H,1,5-6H2,(H,15,16)(H,18,19,20);1-4H,(H,9,10)(H,11,12);1,3-4H;2,6H,1,3-4H2;1-2H3;;;;/q;;-1;;;2*+1;;/p-1. The van der Waals surface area contributed by atoms with Gasteiger partial charge in [0.2, 0.25) is 0 Å². The SMILES string of the molecule is C=CC(=O)OCCO.C=CC(=O)OCCOC(=O)c1ccc(S(=O)(=O)[O-])cc1C(=O)O.CC(=O)OC(C)=O.O=C(O)c1ccccc1C(=O)O.O=C1OC(=O)c2cc[c-]cc21.O=S(=O)=O.O=S(=O)=O.[Na+].[Na+]. The quantitative estimate of drug-likeness (QED) is 0.0192. The largest absolute Gasteiger partial charge is 1.00 e. The van der Waals surface area contributed by atoms with Crippen molar-refractivity contribution >= 4 is 91.0 Å². The smallest absolute Gasteiger partial charge is 0.744 e. The molecule has 0 aliphatic carbocycles. The van der Waals surface area contributed by atoms with E-state index in [1.54, 1.807) is 6.07 Å². The molecule has 0 unspecified atom stereocenters. The summed E-state index contributed by atoms with van der Waals surface area (Å²) in [7, 11) is -11.1. The molecule has 0 aromatic heterocycles. The maximum absolute atomic E-state index is 11.8. The summed E-state index contributed by atoms with van der Waals surface area (Å²) in [6.07, 6.45) is 1.96. The van der Waals surface area contributed by atoms with Gasteiger partial charge in [-0.05, 0) is 41.5 Å². The summed E-state index contributed by atoms with van der Waals surface area (Å²) in [6.45, 7) is 7.97. The molecule has 374 valence electrons. The zero-order chi connectivity index (χ0) is 54.0. The van der Waals surface area contributed by atoms with Crippen LogP contribution in [0.4, 0.5) is 0 Å². The van der Waals surface area contributed by atoms with Crippen LogP contribution < -0.4 is 59.1 Å². The minimum Gasteiger partial charge on any atom is -0.744 e. The average Bonchev–Trinajstić information content (AvgIpc) is 3.55. The van der Waals surface area contributed by atoms with E-state index < -0.39 is 107 Å². The summed E-state index contributed by atoms with van der Waals surface area (Å²) < 4.78 is 105. The molecular formula is C38H34Na2O28S3. The van der Waals surface area contributed by atoms with Crippen LogP contribution in [-0.4, -0.2) is 145 Å². The van der Waals surface area contributed by atoms with Gasteiger partial charge in [0, 0.05) is 26.0 Å². The number of esters is 7. The van der Waals surface area contributed by atoms with Crippen LogP contribution in [0.1, 0.15) is 76.0 Å². The molecule has 1 aliphatic heterocycles. The van der Waals surface area contributed by atoms with Crippen molar-refractivity contribution in [3.8, 4) is 0 Å². The predicted octanol–water partition coefficient (Wildman–Crippen LogP) is -6.14. The van der Waals surface area contributed by atoms with Gasteiger partial charge in [0.25, 0.3) is 5.97 Å². The van der Waals surface area contributed by atoms with Crippen molar-refractivity contribution in [3.05, 3.63) is 125 Å². The second-order valence-electron chi connectivity index (χ2n) is 10.9. The molecule has 1 aliphatic rings. The van der Waals surface area contributed by atoms with Crippen LogP contribution in [0.2, 0.25) is 0 Å². The van der Waals surface area contributed by atoms with Crippen molar-refractivity contribution in [2.45, 2.75) is 18.7 Å². The number of benzene rings is 3. The maximum atomic E-state index is 11.8. The number of carbonyl (C=O) groups excluding carboxylic acids is 7. The van der Waals surface area contributed by atoms with Crippen LogP contribution in [0.15, 0.2) is 90.9 Å². The number of ether oxygens (including phenoxy) is 5. The molecule has 71 heavy (non-hydrogen) atoms. The monoisotopic (exact) mass is 1080 g/mol. The number of rotatable bonds is 12. The number of aliphatic hydroxyl groups excluding tert-OH is 1. The van der Waals surface area contributed by atoms with Crippen molar-refractivity contribution in [2.24, 2.45) is 0 Å². The molecule has 4 rings (SSSR count). The summed E-state index contributed by atoms with van der Waals surface area (Å²) in [5, 5.41) is 34.2. The van der Waals surface area contributed by atoms with E-state index in [-0.39, 0.29) is 96.7 Å². The van der Waals surface area contributed by atoms with E-state index in [1.165, 1.54) is 50.2 Å². The first kappa shape index (κ1) is 73.3. The molecule has 0 atom stereocenters. The number of fused-ring (bicyclic) bond motifs is 1. The number of aliphatic hydroxyl groups is 1. The van der Waals surface area contributed by atoms with Gasteiger partial charge in [0.05, 0.1) is 33.8 Å². The molecule has 0 fully saturated rings. The fourth-order valence-corrected chi connectivity index (χ4v) is 4.18. The Labute approximate surface area is 447 Å². The molecule has 1 heterocycles. The molecule has 0 bridgehead atoms. The third kappa shape index (κ3) is 36.0. The number of aromatic carboxylic acids is 3. The number of carboxylic acids is 3. The Kier molecular flexibility index (Phi) is 41.4. The maximum Gasteiger partial charge on any atom is 1.00 e. The molecule has 4 N–H and O–H groups in total. The molecule has 33 heteroatoms. The first-order valence-electron chi connectivity index (χ1n) is 17.2. The third-order valence-electron chi connectivity index (χ3n) is 6.12. The summed E-state index contributed by atoms with van der Waals surface area (Å²) in [5.41, 5.74) is -0.892. The normalized spacial score (nSPS) is 9.63. The summed E-state index contributed by atoms with van der Waals surface area (Å²) in [4.78, 5) is 105. The summed E-state index contributed by atoms with van der Waals surface area (Å²) in [6, 6.07) is 14.9. The van der Waals surface area contributed by atoms with Crippen molar-refractivity contribution < 1.29 is 189 Å². The second-order valence-corrected chi connectivity index (χ2v) is 13.1. The third-order valence-corrected chi connectivity index (χ3v) is 6.96. The van der Waals surface area contributed by atoms with Crippen molar-refractivity contribution in [1.82, 2.24) is 0 Å². The molecule has 0 spiro atoms. The first-order valence-corrected chi connectivity index (χ1v) is 20.6. The molecule has 0 radical (unpaired) electrons. The Morgan fingerprint density at radius 2 is 1.07 bits per heavy atom. The van der Waals surface area contributed by atoms with Gasteiger partial charge in [-0.2, -0.15) is 24.3 Å². The van der Waals surface area contributed by atoms with E-state index in [1.807, 2.05) is 0 Å². The van der Waals surface area contributed by atoms with Gasteiger partial charge in [-0.1, -0.05) is 25.3 Å². The minimum atomic E-state index is -4.87. The summed E-state index contributed by atoms with van der Waals surface area (Å²) in [5.74, 6) is -8.65. The molecule has 0 saturated heterocycles. The van der Waals surface area contributed by atoms with Gasteiger partial charge >= 0.3 is 134 Å². The van der Waals surface area contributed by atoms with E-state index >= 15 is 0 Å². The van der Waals surface area contributed by atoms with Gasteiger partial charge < -0.3 is 48.7 Å². The van der Waals surface area contributed by atoms with Gasteiger partial charge in [-0.15, -0.1) is 25.3 Å². The fraction of sp³-hybridized carbons (Fsp3) is 0.158. The number of hydrogen-bond acceptors (Lipinski definition) is 25. The molecular weight excluding hydrogens is 1050 g/mol. The van der Waals surface area contributed by atoms with Gasteiger partial charge in [0.1, 0.15) is 29.9 Å². The topological polar surface area (TPSA) is 457 Å². The van der Waals surface area contributed by atoms with Crippen LogP contribution in [0, 0.1) is 6.07 Å². The summed E-state index contributed by atoms with van der Waals surface area (Å²) >= 11 is 0. The van der Waals surface area contributed by atoms with Crippen molar-refractivity contribution in [2.75, 3.05) is 26.4 Å². The zero-order valence-electron chi connectivity index (χ0n) is 37.0. The number of carbonyl (C=O) groups is 10. The molecule has 0 saturated carbocycles. The predicted molar refractivity (Wildman–Crippen MR) is 218 cm³/mol. The first-order chi connectivity index (χ1) is 32.0. The Morgan fingerprint density at radius 1 is 0.662 bits per heavy atom. The van der Waals surface area contributed by atoms with Gasteiger partial charge in [0.15, 0.2) is 0 Å². The van der Waals surface area contributed by atoms with E-state index in [0.29, 0.717) is 17.2 Å². The van der Waals surface area contributed by atoms with Crippen molar-refractivity contribution in [3.63, 3.8) is 0 Å². The van der Waals surface area contributed by atoms with Crippen LogP contribution in [0.3, 0.4) is 0 Å². The number of hydrogen-bond donors (Lipinski definition) is 4. The van der Waals surface area contributed by atoms with E-state index in [0.717, 1.165) is 24.3 Å². The van der Waals surface area contributed by atoms with Gasteiger partial charge in [-0.3, -0.25) is 14.4 Å². The zero-order valence-corrected chi connectivity index (χ0v) is 43.4. The number of carboxylic acid groups (broad SMARTS) is 3. The Morgan fingerprint density at radius 3 is 1.42 bits per heavy atom. The van der Waals surface area contributed by atoms with E-state index in [9.17, 15) is 60.9 Å². The van der Waals surface area contributed by atoms with Crippen LogP contribution >= 0.6 is 0 Å². The second kappa shape index (κ2) is 40.1. The Bertz CT molecular complexity index is 2620. The molecule has 0 amide bonds. The fourth-order valence-electron chi connectivity index (χ4n) is 3.68. The van der Waals surface area contributed by atoms with Crippen LogP contribution in [-0.2, 0) is 74.2 Å². The molecule has 3 aromatic rings. The molecule has 3 aromatic carbocycles. The Balaban J connectivity index is -0.000000259. The van der Waals surface area contributed by atoms with Crippen LogP contribution in [0.5, 0.6) is 0 Å². The average molecular weight is 1080 g/mol. The van der Waals surface area contributed by atoms with E-state index in [4.69, 9.17) is 50.4 Å². The number of cyclic esters (lactones) is 2.